The van der Waals surface area contributed by atoms with E-state index in [0.29, 0.717) is 6.42 Å². The summed E-state index contributed by atoms with van der Waals surface area (Å²) < 4.78 is 0.972. The number of hydrogen-bond donors (Lipinski definition) is 1. The second-order valence-electron chi connectivity index (χ2n) is 1.70. The molecule has 1 N–H and O–H groups in total. The van der Waals surface area contributed by atoms with Crippen molar-refractivity contribution < 1.29 is 0 Å². The Morgan fingerprint density at radius 2 is 2.64 bits per heavy atom. The second-order valence-corrected chi connectivity index (χ2v) is 4.09. The lowest BCUT2D eigenvalue weighted by atomic mass is 10.5. The summed E-state index contributed by atoms with van der Waals surface area (Å²) in [6, 6.07) is 0. The predicted octanol–water partition coefficient (Wildman–Crippen LogP) is 2.65. The van der Waals surface area contributed by atoms with Crippen LogP contribution in [0, 0.1) is 5.41 Å². The minimum Gasteiger partial charge on any atom is -0.313 e. The third kappa shape index (κ3) is 2.90. The molecule has 0 spiro atoms. The lowest BCUT2D eigenvalue weighted by molar-refractivity contribution is 1.35. The maximum atomic E-state index is 6.73. The molecule has 0 saturated heterocycles. The molecular formula is C6H6BrN3S. The molecule has 58 valence electrons. The molecular weight excluding hydrogens is 226 g/mol. The van der Waals surface area contributed by atoms with E-state index in [1.807, 2.05) is 0 Å². The molecule has 0 saturated carbocycles. The van der Waals surface area contributed by atoms with E-state index in [2.05, 4.69) is 25.9 Å². The minimum absolute atomic E-state index is 0.567. The van der Waals surface area contributed by atoms with Gasteiger partial charge in [0.15, 0.2) is 0 Å². The van der Waals surface area contributed by atoms with Crippen LogP contribution < -0.4 is 0 Å². The van der Waals surface area contributed by atoms with Gasteiger partial charge in [0.1, 0.15) is 0 Å². The number of rotatable bonds is 3. The van der Waals surface area contributed by atoms with Crippen molar-refractivity contribution in [1.82, 2.24) is 4.98 Å². The van der Waals surface area contributed by atoms with Crippen molar-refractivity contribution in [2.24, 2.45) is 4.99 Å². The van der Waals surface area contributed by atoms with Crippen LogP contribution in [-0.2, 0) is 0 Å². The molecule has 0 bridgehead atoms. The van der Waals surface area contributed by atoms with Gasteiger partial charge in [0.05, 0.1) is 9.98 Å². The molecule has 1 aromatic heterocycles. The fourth-order valence-corrected chi connectivity index (χ4v) is 1.54. The molecule has 1 aromatic rings. The van der Waals surface area contributed by atoms with Gasteiger partial charge in [-0.25, -0.2) is 9.98 Å². The first-order chi connectivity index (χ1) is 5.33. The number of aliphatic imine (C=N–C) groups is 1. The van der Waals surface area contributed by atoms with Gasteiger partial charge in [0.25, 0.3) is 0 Å². The molecule has 0 aliphatic rings. The maximum absolute atomic E-state index is 6.73. The summed E-state index contributed by atoms with van der Waals surface area (Å²) in [6.07, 6.45) is 5.24. The van der Waals surface area contributed by atoms with Crippen molar-refractivity contribution in [2.45, 2.75) is 6.42 Å². The quantitative estimate of drug-likeness (QED) is 0.800. The molecule has 1 rings (SSSR count). The van der Waals surface area contributed by atoms with E-state index >= 15 is 0 Å². The fourth-order valence-electron chi connectivity index (χ4n) is 0.489. The molecule has 0 amide bonds. The Balaban J connectivity index is 2.56. The van der Waals surface area contributed by atoms with Crippen LogP contribution in [0.5, 0.6) is 0 Å². The average Bonchev–Trinajstić information content (AvgIpc) is 2.37. The third-order valence-corrected chi connectivity index (χ3v) is 2.27. The normalized spacial score (nSPS) is 10.6. The van der Waals surface area contributed by atoms with E-state index in [9.17, 15) is 0 Å². The number of halogens is 1. The van der Waals surface area contributed by atoms with Gasteiger partial charge in [0, 0.05) is 18.9 Å². The van der Waals surface area contributed by atoms with E-state index in [-0.39, 0.29) is 0 Å². The summed E-state index contributed by atoms with van der Waals surface area (Å²) in [5, 5.41) is 7.45. The van der Waals surface area contributed by atoms with Crippen molar-refractivity contribution in [3.63, 3.8) is 0 Å². The Bertz CT molecular complexity index is 269. The first-order valence-electron chi connectivity index (χ1n) is 2.95. The summed E-state index contributed by atoms with van der Waals surface area (Å²) in [6.45, 7) is 0. The van der Waals surface area contributed by atoms with E-state index in [1.54, 1.807) is 12.4 Å². The van der Waals surface area contributed by atoms with Gasteiger partial charge in [-0.15, -0.1) is 0 Å². The lowest BCUT2D eigenvalue weighted by Crippen LogP contribution is -1.72. The molecule has 11 heavy (non-hydrogen) atoms. The standard InChI is InChI=1S/C6H6BrN3S/c7-5-4-10-6(11-5)9-3-1-2-8/h2-4,8H,1H2. The number of aromatic nitrogens is 1. The van der Waals surface area contributed by atoms with Gasteiger partial charge in [-0.05, 0) is 15.9 Å². The zero-order valence-electron chi connectivity index (χ0n) is 5.62. The first-order valence-corrected chi connectivity index (χ1v) is 4.56. The van der Waals surface area contributed by atoms with E-state index < -0.39 is 0 Å². The van der Waals surface area contributed by atoms with Gasteiger partial charge in [-0.2, -0.15) is 0 Å². The highest BCUT2D eigenvalue weighted by Crippen LogP contribution is 2.24. The van der Waals surface area contributed by atoms with Gasteiger partial charge in [-0.1, -0.05) is 11.3 Å². The molecule has 0 aliphatic carbocycles. The van der Waals surface area contributed by atoms with Crippen molar-refractivity contribution in [2.75, 3.05) is 0 Å². The van der Waals surface area contributed by atoms with Crippen molar-refractivity contribution in [3.05, 3.63) is 9.98 Å². The highest BCUT2D eigenvalue weighted by atomic mass is 79.9. The molecule has 0 unspecified atom stereocenters. The van der Waals surface area contributed by atoms with E-state index in [0.717, 1.165) is 8.92 Å². The molecule has 3 nitrogen and oxygen atoms in total. The number of hydrogen-bond acceptors (Lipinski definition) is 4. The molecule has 1 heterocycles. The highest BCUT2D eigenvalue weighted by Gasteiger charge is 1.93. The van der Waals surface area contributed by atoms with Gasteiger partial charge >= 0.3 is 0 Å². The molecule has 5 heteroatoms. The van der Waals surface area contributed by atoms with Crippen molar-refractivity contribution in [3.8, 4) is 0 Å². The van der Waals surface area contributed by atoms with Crippen LogP contribution in [0.3, 0.4) is 0 Å². The number of thiazole rings is 1. The van der Waals surface area contributed by atoms with Gasteiger partial charge in [0.2, 0.25) is 5.13 Å². The second kappa shape index (κ2) is 4.35. The topological polar surface area (TPSA) is 49.1 Å². The summed E-state index contributed by atoms with van der Waals surface area (Å²) >= 11 is 4.75. The smallest absolute Gasteiger partial charge is 0.209 e. The first kappa shape index (κ1) is 8.55. The van der Waals surface area contributed by atoms with E-state index in [4.69, 9.17) is 5.41 Å². The summed E-state index contributed by atoms with van der Waals surface area (Å²) in [7, 11) is 0. The molecule has 0 radical (unpaired) electrons. The van der Waals surface area contributed by atoms with Crippen LogP contribution in [0.2, 0.25) is 0 Å². The summed E-state index contributed by atoms with van der Waals surface area (Å²) in [5.74, 6) is 0. The zero-order chi connectivity index (χ0) is 8.10. The van der Waals surface area contributed by atoms with Crippen LogP contribution in [-0.4, -0.2) is 17.4 Å². The molecule has 0 fully saturated rings. The van der Waals surface area contributed by atoms with Gasteiger partial charge < -0.3 is 5.41 Å². The monoisotopic (exact) mass is 231 g/mol. The Labute approximate surface area is 76.8 Å². The van der Waals surface area contributed by atoms with Crippen LogP contribution in [0.15, 0.2) is 15.0 Å². The summed E-state index contributed by atoms with van der Waals surface area (Å²) in [4.78, 5) is 8.00. The Hall–Kier alpha value is -0.550. The van der Waals surface area contributed by atoms with Crippen LogP contribution in [0.4, 0.5) is 5.13 Å². The van der Waals surface area contributed by atoms with Crippen molar-refractivity contribution in [1.29, 1.82) is 5.41 Å². The Kier molecular flexibility index (Phi) is 3.38. The zero-order valence-corrected chi connectivity index (χ0v) is 8.02. The largest absolute Gasteiger partial charge is 0.313 e. The Morgan fingerprint density at radius 1 is 1.82 bits per heavy atom. The number of nitrogens with one attached hydrogen (secondary N) is 1. The average molecular weight is 232 g/mol. The van der Waals surface area contributed by atoms with Crippen LogP contribution in [0.1, 0.15) is 6.42 Å². The highest BCUT2D eigenvalue weighted by molar-refractivity contribution is 9.11. The maximum Gasteiger partial charge on any atom is 0.209 e. The molecule has 0 atom stereocenters. The van der Waals surface area contributed by atoms with Crippen molar-refractivity contribution >= 4 is 44.8 Å². The fraction of sp³-hybridized carbons (Fsp3) is 0.167. The molecule has 0 aliphatic heterocycles. The van der Waals surface area contributed by atoms with Crippen LogP contribution in [0.25, 0.3) is 0 Å². The summed E-state index contributed by atoms with van der Waals surface area (Å²) in [5.41, 5.74) is 0. The minimum atomic E-state index is 0.567. The van der Waals surface area contributed by atoms with Crippen LogP contribution >= 0.6 is 27.3 Å². The third-order valence-electron chi connectivity index (χ3n) is 0.890. The Morgan fingerprint density at radius 3 is 3.18 bits per heavy atom. The molecule has 0 aromatic carbocycles. The lowest BCUT2D eigenvalue weighted by Gasteiger charge is -1.79. The number of nitrogens with zero attached hydrogens (tertiary/aromatic N) is 2. The van der Waals surface area contributed by atoms with E-state index in [1.165, 1.54) is 17.6 Å². The SMILES string of the molecule is N=CCC=Nc1ncc(Br)s1. The predicted molar refractivity (Wildman–Crippen MR) is 51.4 cm³/mol. The van der Waals surface area contributed by atoms with Gasteiger partial charge in [-0.3, -0.25) is 0 Å².